The monoisotopic (exact) mass is 302 g/mol. The molecule has 114 valence electrons. The van der Waals surface area contributed by atoms with Gasteiger partial charge in [-0.05, 0) is 30.5 Å². The third kappa shape index (κ3) is 2.55. The lowest BCUT2D eigenvalue weighted by atomic mass is 9.93. The number of hydrogen-bond acceptors (Lipinski definition) is 3. The van der Waals surface area contributed by atoms with E-state index >= 15 is 0 Å². The molecule has 1 unspecified atom stereocenters. The van der Waals surface area contributed by atoms with Crippen molar-refractivity contribution < 1.29 is 32.9 Å². The summed E-state index contributed by atoms with van der Waals surface area (Å²) in [5, 5.41) is 18.8. The zero-order valence-corrected chi connectivity index (χ0v) is 11.3. The van der Waals surface area contributed by atoms with E-state index in [-0.39, 0.29) is 17.1 Å². The highest BCUT2D eigenvalue weighted by atomic mass is 19.4. The number of ether oxygens (including phenoxy) is 1. The topological polar surface area (TPSA) is 66.8 Å². The molecule has 0 radical (unpaired) electrons. The lowest BCUT2D eigenvalue weighted by Gasteiger charge is -2.28. The average molecular weight is 302 g/mol. The van der Waals surface area contributed by atoms with Crippen molar-refractivity contribution in [1.29, 1.82) is 0 Å². The molecule has 1 aliphatic heterocycles. The van der Waals surface area contributed by atoms with Gasteiger partial charge in [0, 0.05) is 11.6 Å². The molecule has 7 heteroatoms. The zero-order chi connectivity index (χ0) is 15.9. The first-order valence-electron chi connectivity index (χ1n) is 6.20. The molecule has 1 aromatic carbocycles. The normalized spacial score (nSPS) is 17.8. The molecule has 0 saturated carbocycles. The minimum absolute atomic E-state index is 0.165. The molecule has 1 atom stereocenters. The number of carboxylic acids is 1. The summed E-state index contributed by atoms with van der Waals surface area (Å²) in [6.07, 6.45) is -5.97. The minimum atomic E-state index is -4.85. The Morgan fingerprint density at radius 1 is 1.43 bits per heavy atom. The number of aliphatic carboxylic acids is 1. The van der Waals surface area contributed by atoms with Crippen LogP contribution in [0.1, 0.15) is 23.6 Å². The van der Waals surface area contributed by atoms with E-state index in [2.05, 4.69) is 0 Å². The fourth-order valence-electron chi connectivity index (χ4n) is 2.39. The molecule has 1 aliphatic rings. The van der Waals surface area contributed by atoms with E-state index in [1.165, 1.54) is 0 Å². The van der Waals surface area contributed by atoms with Gasteiger partial charge in [-0.2, -0.15) is 13.2 Å². The van der Waals surface area contributed by atoms with Crippen molar-refractivity contribution in [3.63, 3.8) is 0 Å². The van der Waals surface area contributed by atoms with Crippen molar-refractivity contribution in [3.8, 4) is 11.5 Å². The van der Waals surface area contributed by atoms with Gasteiger partial charge in [0.2, 0.25) is 6.10 Å². The number of carboxylic acid groups (broad SMARTS) is 1. The smallest absolute Gasteiger partial charge is 0.430 e. The highest BCUT2D eigenvalue weighted by molar-refractivity contribution is 5.95. The first-order valence-corrected chi connectivity index (χ1v) is 6.20. The summed E-state index contributed by atoms with van der Waals surface area (Å²) in [6, 6.07) is 1.09. The lowest BCUT2D eigenvalue weighted by molar-refractivity contribution is -0.187. The van der Waals surface area contributed by atoms with E-state index in [0.717, 1.165) is 12.1 Å². The van der Waals surface area contributed by atoms with Gasteiger partial charge in [-0.1, -0.05) is 6.92 Å². The molecular formula is C14H13F3O4. The standard InChI is InChI=1S/C14H13F3O4/c1-3-7-6(2)8-4-9(13(19)20)12(14(15,16)17)21-11(8)5-10(7)18/h4-5,12,18H,3H2,1-2H3,(H,19,20). The maximum atomic E-state index is 12.9. The van der Waals surface area contributed by atoms with Gasteiger partial charge in [0.1, 0.15) is 11.5 Å². The summed E-state index contributed by atoms with van der Waals surface area (Å²) in [4.78, 5) is 11.1. The Labute approximate surface area is 118 Å². The van der Waals surface area contributed by atoms with Gasteiger partial charge in [-0.15, -0.1) is 0 Å². The summed E-state index contributed by atoms with van der Waals surface area (Å²) in [6.45, 7) is 3.38. The molecule has 0 amide bonds. The number of benzene rings is 1. The van der Waals surface area contributed by atoms with Gasteiger partial charge in [0.25, 0.3) is 0 Å². The van der Waals surface area contributed by atoms with Crippen LogP contribution < -0.4 is 4.74 Å². The number of phenols is 1. The summed E-state index contributed by atoms with van der Waals surface area (Å²) < 4.78 is 43.5. The molecule has 1 heterocycles. The fraction of sp³-hybridized carbons (Fsp3) is 0.357. The second kappa shape index (κ2) is 4.98. The molecule has 21 heavy (non-hydrogen) atoms. The maximum absolute atomic E-state index is 12.9. The zero-order valence-electron chi connectivity index (χ0n) is 11.3. The van der Waals surface area contributed by atoms with Crippen LogP contribution in [-0.4, -0.2) is 28.5 Å². The molecule has 0 aromatic heterocycles. The number of aromatic hydroxyl groups is 1. The van der Waals surface area contributed by atoms with E-state index in [9.17, 15) is 23.1 Å². The van der Waals surface area contributed by atoms with E-state index in [1.54, 1.807) is 13.8 Å². The summed E-state index contributed by atoms with van der Waals surface area (Å²) in [7, 11) is 0. The summed E-state index contributed by atoms with van der Waals surface area (Å²) in [5.41, 5.74) is 0.434. The van der Waals surface area contributed by atoms with E-state index in [0.29, 0.717) is 17.5 Å². The molecule has 1 aromatic rings. The van der Waals surface area contributed by atoms with Gasteiger partial charge < -0.3 is 14.9 Å². The third-order valence-corrected chi connectivity index (χ3v) is 3.42. The van der Waals surface area contributed by atoms with Crippen LogP contribution in [0, 0.1) is 6.92 Å². The van der Waals surface area contributed by atoms with Crippen LogP contribution in [0.25, 0.3) is 6.08 Å². The summed E-state index contributed by atoms with van der Waals surface area (Å²) >= 11 is 0. The first-order chi connectivity index (χ1) is 9.66. The molecule has 0 aliphatic carbocycles. The SMILES string of the molecule is CCc1c(O)cc2c(c1C)C=C(C(=O)O)C(C(F)(F)F)O2. The number of alkyl halides is 3. The van der Waals surface area contributed by atoms with Crippen LogP contribution >= 0.6 is 0 Å². The molecule has 0 spiro atoms. The van der Waals surface area contributed by atoms with Gasteiger partial charge in [-0.3, -0.25) is 0 Å². The first kappa shape index (κ1) is 15.2. The van der Waals surface area contributed by atoms with Gasteiger partial charge >= 0.3 is 12.1 Å². The fourth-order valence-corrected chi connectivity index (χ4v) is 2.39. The predicted octanol–water partition coefficient (Wildman–Crippen LogP) is 3.05. The van der Waals surface area contributed by atoms with Gasteiger partial charge in [-0.25, -0.2) is 4.79 Å². The van der Waals surface area contributed by atoms with Crippen LogP contribution in [0.3, 0.4) is 0 Å². The van der Waals surface area contributed by atoms with E-state index in [4.69, 9.17) is 9.84 Å². The molecule has 4 nitrogen and oxygen atoms in total. The highest BCUT2D eigenvalue weighted by Crippen LogP contribution is 2.42. The molecule has 0 saturated heterocycles. The largest absolute Gasteiger partial charge is 0.508 e. The van der Waals surface area contributed by atoms with Crippen molar-refractivity contribution in [2.45, 2.75) is 32.5 Å². The van der Waals surface area contributed by atoms with Crippen molar-refractivity contribution in [1.82, 2.24) is 0 Å². The van der Waals surface area contributed by atoms with Crippen LogP contribution in [0.15, 0.2) is 11.6 Å². The van der Waals surface area contributed by atoms with Crippen molar-refractivity contribution in [2.24, 2.45) is 0 Å². The van der Waals surface area contributed by atoms with Crippen LogP contribution in [0.2, 0.25) is 0 Å². The highest BCUT2D eigenvalue weighted by Gasteiger charge is 2.48. The number of halogens is 3. The van der Waals surface area contributed by atoms with Crippen LogP contribution in [-0.2, 0) is 11.2 Å². The summed E-state index contributed by atoms with van der Waals surface area (Å²) in [5.74, 6) is -2.02. The van der Waals surface area contributed by atoms with Crippen LogP contribution in [0.5, 0.6) is 11.5 Å². The molecule has 2 rings (SSSR count). The number of rotatable bonds is 2. The third-order valence-electron chi connectivity index (χ3n) is 3.42. The van der Waals surface area contributed by atoms with E-state index < -0.39 is 23.8 Å². The molecule has 0 bridgehead atoms. The quantitative estimate of drug-likeness (QED) is 0.881. The Morgan fingerprint density at radius 2 is 2.05 bits per heavy atom. The number of phenolic OH excluding ortho intramolecular Hbond substituents is 1. The molecule has 0 fully saturated rings. The predicted molar refractivity (Wildman–Crippen MR) is 68.3 cm³/mol. The van der Waals surface area contributed by atoms with Gasteiger partial charge in [0.15, 0.2) is 0 Å². The second-order valence-electron chi connectivity index (χ2n) is 4.71. The number of fused-ring (bicyclic) bond motifs is 1. The van der Waals surface area contributed by atoms with Crippen molar-refractivity contribution in [3.05, 3.63) is 28.3 Å². The Hall–Kier alpha value is -2.18. The Kier molecular flexibility index (Phi) is 3.61. The Morgan fingerprint density at radius 3 is 2.52 bits per heavy atom. The second-order valence-corrected chi connectivity index (χ2v) is 4.71. The van der Waals surface area contributed by atoms with Crippen molar-refractivity contribution >= 4 is 12.0 Å². The average Bonchev–Trinajstić information content (AvgIpc) is 2.36. The van der Waals surface area contributed by atoms with E-state index in [1.807, 2.05) is 0 Å². The Balaban J connectivity index is 2.67. The van der Waals surface area contributed by atoms with Crippen molar-refractivity contribution in [2.75, 3.05) is 0 Å². The Bertz CT molecular complexity index is 632. The van der Waals surface area contributed by atoms with Gasteiger partial charge in [0.05, 0.1) is 5.57 Å². The van der Waals surface area contributed by atoms with Crippen LogP contribution in [0.4, 0.5) is 13.2 Å². The molecule has 2 N–H and O–H groups in total. The maximum Gasteiger partial charge on any atom is 0.430 e. The lowest BCUT2D eigenvalue weighted by Crippen LogP contribution is -2.40. The molecular weight excluding hydrogens is 289 g/mol. The minimum Gasteiger partial charge on any atom is -0.508 e. The number of carbonyl (C=O) groups is 1. The number of hydrogen-bond donors (Lipinski definition) is 2.